The van der Waals surface area contributed by atoms with Crippen LogP contribution in [0.15, 0.2) is 54.6 Å². The van der Waals surface area contributed by atoms with E-state index in [0.717, 1.165) is 18.5 Å². The van der Waals surface area contributed by atoms with Gasteiger partial charge in [-0.05, 0) is 60.4 Å². The van der Waals surface area contributed by atoms with Crippen LogP contribution >= 0.6 is 0 Å². The van der Waals surface area contributed by atoms with Crippen LogP contribution in [0.25, 0.3) is 0 Å². The van der Waals surface area contributed by atoms with Gasteiger partial charge in [-0.15, -0.1) is 0 Å². The second kappa shape index (κ2) is 5.74. The van der Waals surface area contributed by atoms with E-state index in [4.69, 9.17) is 5.26 Å². The molecule has 0 aromatic heterocycles. The van der Waals surface area contributed by atoms with Gasteiger partial charge in [0, 0.05) is 11.4 Å². The van der Waals surface area contributed by atoms with Gasteiger partial charge in [0.05, 0.1) is 11.6 Å². The Labute approximate surface area is 129 Å². The number of hydrogen-bond acceptors (Lipinski definition) is 2. The maximum atomic E-state index is 12.0. The summed E-state index contributed by atoms with van der Waals surface area (Å²) in [5, 5.41) is 14.3. The van der Waals surface area contributed by atoms with Gasteiger partial charge in [-0.2, -0.15) is 5.26 Å². The highest BCUT2D eigenvalue weighted by Gasteiger charge is 2.14. The molecule has 0 aliphatic heterocycles. The minimum absolute atomic E-state index is 0.304. The largest absolute Gasteiger partial charge is 0.323 e. The Hall–Kier alpha value is -3.06. The lowest BCUT2D eigenvalue weighted by atomic mass is 10.1. The zero-order valence-electron chi connectivity index (χ0n) is 12.0. The summed E-state index contributed by atoms with van der Waals surface area (Å²) in [5.74, 6) is 0. The van der Waals surface area contributed by atoms with Crippen molar-refractivity contribution in [1.29, 1.82) is 5.26 Å². The van der Waals surface area contributed by atoms with Gasteiger partial charge >= 0.3 is 6.03 Å². The van der Waals surface area contributed by atoms with Crippen molar-refractivity contribution < 1.29 is 4.79 Å². The van der Waals surface area contributed by atoms with Gasteiger partial charge in [-0.1, -0.05) is 18.2 Å². The number of benzene rings is 2. The first-order valence-corrected chi connectivity index (χ1v) is 7.00. The zero-order chi connectivity index (χ0) is 15.5. The highest BCUT2D eigenvalue weighted by atomic mass is 16.2. The van der Waals surface area contributed by atoms with Crippen molar-refractivity contribution >= 4 is 17.4 Å². The molecule has 108 valence electrons. The maximum absolute atomic E-state index is 12.0. The number of amides is 2. The molecule has 2 aromatic rings. The second-order valence-electron chi connectivity index (χ2n) is 5.36. The summed E-state index contributed by atoms with van der Waals surface area (Å²) in [4.78, 5) is 12.0. The average molecular weight is 289 g/mol. The van der Waals surface area contributed by atoms with Crippen molar-refractivity contribution in [2.45, 2.75) is 12.8 Å². The Kier molecular flexibility index (Phi) is 3.63. The zero-order valence-corrected chi connectivity index (χ0v) is 12.0. The maximum Gasteiger partial charge on any atom is 0.323 e. The monoisotopic (exact) mass is 289 g/mol. The Balaban J connectivity index is 1.66. The van der Waals surface area contributed by atoms with Crippen LogP contribution in [0.3, 0.4) is 0 Å². The number of hydrogen-bond donors (Lipinski definition) is 2. The molecule has 0 saturated carbocycles. The Morgan fingerprint density at radius 1 is 1.00 bits per heavy atom. The average Bonchev–Trinajstić information content (AvgIpc) is 2.87. The molecule has 22 heavy (non-hydrogen) atoms. The molecule has 2 N–H and O–H groups in total. The summed E-state index contributed by atoms with van der Waals surface area (Å²) < 4.78 is 0. The molecule has 4 heteroatoms. The van der Waals surface area contributed by atoms with E-state index in [2.05, 4.69) is 17.2 Å². The molecule has 0 heterocycles. The molecule has 4 nitrogen and oxygen atoms in total. The van der Waals surface area contributed by atoms with Crippen LogP contribution in [0.1, 0.15) is 16.7 Å². The smallest absolute Gasteiger partial charge is 0.308 e. The number of anilines is 2. The minimum Gasteiger partial charge on any atom is -0.308 e. The van der Waals surface area contributed by atoms with Crippen LogP contribution in [0, 0.1) is 11.3 Å². The highest BCUT2D eigenvalue weighted by molar-refractivity contribution is 5.99. The fraction of sp³-hybridized carbons (Fsp3) is 0.111. The van der Waals surface area contributed by atoms with Crippen molar-refractivity contribution in [3.8, 4) is 6.07 Å². The number of allylic oxidation sites excluding steroid dienone is 1. The Bertz CT molecular complexity index is 785. The van der Waals surface area contributed by atoms with Gasteiger partial charge in [0.1, 0.15) is 0 Å². The summed E-state index contributed by atoms with van der Waals surface area (Å²) in [5.41, 5.74) is 5.67. The second-order valence-corrected chi connectivity index (χ2v) is 5.36. The van der Waals surface area contributed by atoms with Gasteiger partial charge in [-0.3, -0.25) is 0 Å². The Morgan fingerprint density at radius 2 is 1.64 bits per heavy atom. The van der Waals surface area contributed by atoms with Crippen LogP contribution in [0.5, 0.6) is 0 Å². The van der Waals surface area contributed by atoms with E-state index in [1.165, 1.54) is 16.7 Å². The first kappa shape index (κ1) is 13.9. The van der Waals surface area contributed by atoms with Gasteiger partial charge in [-0.25, -0.2) is 4.79 Å². The molecule has 0 unspecified atom stereocenters. The van der Waals surface area contributed by atoms with Crippen molar-refractivity contribution in [3.63, 3.8) is 0 Å². The Morgan fingerprint density at radius 3 is 2.36 bits per heavy atom. The number of fused-ring (bicyclic) bond motifs is 1. The number of nitrogens with one attached hydrogen (secondary N) is 2. The number of nitriles is 1. The third-order valence-electron chi connectivity index (χ3n) is 3.62. The molecule has 0 fully saturated rings. The van der Waals surface area contributed by atoms with Crippen molar-refractivity contribution in [1.82, 2.24) is 0 Å². The molecule has 0 saturated heterocycles. The van der Waals surface area contributed by atoms with E-state index < -0.39 is 0 Å². The molecular weight excluding hydrogens is 274 g/mol. The minimum atomic E-state index is -0.304. The van der Waals surface area contributed by atoms with Crippen LogP contribution < -0.4 is 10.6 Å². The van der Waals surface area contributed by atoms with Crippen molar-refractivity contribution in [3.05, 3.63) is 71.3 Å². The van der Waals surface area contributed by atoms with E-state index in [9.17, 15) is 4.79 Å². The number of urea groups is 1. The van der Waals surface area contributed by atoms with E-state index in [1.807, 2.05) is 24.3 Å². The van der Waals surface area contributed by atoms with Gasteiger partial charge in [0.2, 0.25) is 0 Å². The topological polar surface area (TPSA) is 64.9 Å². The van der Waals surface area contributed by atoms with Gasteiger partial charge in [0.15, 0.2) is 0 Å². The summed E-state index contributed by atoms with van der Waals surface area (Å²) in [6.45, 7) is 4.01. The van der Waals surface area contributed by atoms with Crippen LogP contribution in [0.4, 0.5) is 16.2 Å². The summed E-state index contributed by atoms with van der Waals surface area (Å²) in [7, 11) is 0. The summed E-state index contributed by atoms with van der Waals surface area (Å²) >= 11 is 0. The van der Waals surface area contributed by atoms with Crippen LogP contribution in [-0.4, -0.2) is 6.03 Å². The molecular formula is C18H15N3O. The lowest BCUT2D eigenvalue weighted by Crippen LogP contribution is -2.19. The van der Waals surface area contributed by atoms with Crippen LogP contribution in [-0.2, 0) is 12.8 Å². The number of carbonyl (C=O) groups excluding carboxylic acids is 1. The predicted octanol–water partition coefficient (Wildman–Crippen LogP) is 3.86. The number of nitrogens with zero attached hydrogens (tertiary/aromatic N) is 1. The molecule has 0 atom stereocenters. The van der Waals surface area contributed by atoms with E-state index in [-0.39, 0.29) is 6.03 Å². The summed E-state index contributed by atoms with van der Waals surface area (Å²) in [6, 6.07) is 14.4. The van der Waals surface area contributed by atoms with E-state index >= 15 is 0 Å². The quantitative estimate of drug-likeness (QED) is 0.824. The first-order valence-electron chi connectivity index (χ1n) is 7.00. The normalized spacial score (nSPS) is 12.4. The van der Waals surface area contributed by atoms with Crippen molar-refractivity contribution in [2.75, 3.05) is 10.6 Å². The first-order chi connectivity index (χ1) is 10.6. The highest BCUT2D eigenvalue weighted by Crippen LogP contribution is 2.27. The lowest BCUT2D eigenvalue weighted by molar-refractivity contribution is 0.262. The molecule has 2 amide bonds. The van der Waals surface area contributed by atoms with Crippen molar-refractivity contribution in [2.24, 2.45) is 0 Å². The molecule has 1 aliphatic carbocycles. The molecule has 2 aromatic carbocycles. The molecule has 0 bridgehead atoms. The SMILES string of the molecule is C=C1Cc2ccc(NC(=O)Nc3ccc(C#N)cc3)cc2C1. The van der Waals surface area contributed by atoms with E-state index in [1.54, 1.807) is 24.3 Å². The fourth-order valence-corrected chi connectivity index (χ4v) is 2.56. The van der Waals surface area contributed by atoms with E-state index in [0.29, 0.717) is 11.3 Å². The molecule has 3 rings (SSSR count). The third-order valence-corrected chi connectivity index (χ3v) is 3.62. The summed E-state index contributed by atoms with van der Waals surface area (Å²) in [6.07, 6.45) is 1.80. The number of rotatable bonds is 2. The third kappa shape index (κ3) is 2.99. The van der Waals surface area contributed by atoms with Gasteiger partial charge < -0.3 is 10.6 Å². The molecule has 1 aliphatic rings. The molecule has 0 spiro atoms. The number of carbonyl (C=O) groups is 1. The lowest BCUT2D eigenvalue weighted by Gasteiger charge is -2.09. The fourth-order valence-electron chi connectivity index (χ4n) is 2.56. The standard InChI is InChI=1S/C18H15N3O/c1-12-8-14-4-7-17(10-15(14)9-12)21-18(22)20-16-5-2-13(11-19)3-6-16/h2-7,10H,1,8-9H2,(H2,20,21,22). The van der Waals surface area contributed by atoms with Gasteiger partial charge in [0.25, 0.3) is 0 Å². The predicted molar refractivity (Wildman–Crippen MR) is 86.8 cm³/mol. The van der Waals surface area contributed by atoms with Crippen LogP contribution in [0.2, 0.25) is 0 Å². The molecule has 0 radical (unpaired) electrons.